The molecule has 1 N–H and O–H groups in total. The zero-order valence-corrected chi connectivity index (χ0v) is 22.3. The summed E-state index contributed by atoms with van der Waals surface area (Å²) in [4.78, 5) is 7.20. The minimum atomic E-state index is 0.481. The van der Waals surface area contributed by atoms with Crippen LogP contribution in [0.2, 0.25) is 0 Å². The van der Waals surface area contributed by atoms with Crippen LogP contribution in [-0.4, -0.2) is 44.9 Å². The average molecular weight is 502 g/mol. The number of anilines is 1. The summed E-state index contributed by atoms with van der Waals surface area (Å²) in [6, 6.07) is 15.6. The molecule has 2 aliphatic rings. The van der Waals surface area contributed by atoms with E-state index >= 15 is 0 Å². The summed E-state index contributed by atoms with van der Waals surface area (Å²) in [5.41, 5.74) is 5.91. The van der Waals surface area contributed by atoms with Gasteiger partial charge in [-0.25, -0.2) is 0 Å². The van der Waals surface area contributed by atoms with Crippen molar-refractivity contribution in [3.05, 3.63) is 66.0 Å². The molecule has 0 spiro atoms. The second-order valence-electron chi connectivity index (χ2n) is 10.0. The van der Waals surface area contributed by atoms with Gasteiger partial charge in [-0.05, 0) is 105 Å². The summed E-state index contributed by atoms with van der Waals surface area (Å²) < 4.78 is 17.2. The fraction of sp³-hybridized carbons (Fsp3) is 0.452. The van der Waals surface area contributed by atoms with Gasteiger partial charge in [-0.2, -0.15) is 0 Å². The summed E-state index contributed by atoms with van der Waals surface area (Å²) in [5.74, 6) is 3.11. The standard InChI is InChI=1S/C31H39N3O3/c1-4-37-28-10-8-26(9-11-28)34(27-12-14-32-15-13-27)21-22-16-25(20-33-19-22)24-17-29(23-6-5-7-23)31(36-3)30(18-24)35-2/h8-11,16-20,23,27,32H,4-7,12-15,21H2,1-3H3. The number of nitrogens with zero attached hydrogens (tertiary/aromatic N) is 2. The smallest absolute Gasteiger partial charge is 0.164 e. The lowest BCUT2D eigenvalue weighted by Gasteiger charge is -2.36. The van der Waals surface area contributed by atoms with Crippen LogP contribution in [0.15, 0.2) is 54.9 Å². The maximum atomic E-state index is 5.77. The van der Waals surface area contributed by atoms with Crippen LogP contribution in [0.5, 0.6) is 17.2 Å². The maximum absolute atomic E-state index is 5.77. The van der Waals surface area contributed by atoms with Gasteiger partial charge in [-0.3, -0.25) is 4.98 Å². The number of pyridine rings is 1. The van der Waals surface area contributed by atoms with Crippen LogP contribution in [-0.2, 0) is 6.54 Å². The summed E-state index contributed by atoms with van der Waals surface area (Å²) in [6.07, 6.45) is 9.89. The highest BCUT2D eigenvalue weighted by molar-refractivity contribution is 5.70. The molecule has 0 unspecified atom stereocenters. The predicted octanol–water partition coefficient (Wildman–Crippen LogP) is 6.19. The molecule has 3 aromatic rings. The predicted molar refractivity (Wildman–Crippen MR) is 149 cm³/mol. The van der Waals surface area contributed by atoms with Crippen LogP contribution < -0.4 is 24.4 Å². The molecule has 1 aliphatic carbocycles. The van der Waals surface area contributed by atoms with Crippen molar-refractivity contribution in [1.82, 2.24) is 10.3 Å². The van der Waals surface area contributed by atoms with E-state index in [0.717, 1.165) is 60.9 Å². The van der Waals surface area contributed by atoms with Crippen molar-refractivity contribution >= 4 is 5.69 Å². The SMILES string of the molecule is CCOc1ccc(N(Cc2cncc(-c3cc(OC)c(OC)c(C4CCC4)c3)c2)C2CCNCC2)cc1. The van der Waals surface area contributed by atoms with Crippen molar-refractivity contribution in [1.29, 1.82) is 0 Å². The minimum Gasteiger partial charge on any atom is -0.494 e. The zero-order chi connectivity index (χ0) is 25.6. The monoisotopic (exact) mass is 501 g/mol. The number of hydrogen-bond acceptors (Lipinski definition) is 6. The first kappa shape index (κ1) is 25.4. The quantitative estimate of drug-likeness (QED) is 0.357. The Morgan fingerprint density at radius 3 is 2.35 bits per heavy atom. The highest BCUT2D eigenvalue weighted by atomic mass is 16.5. The number of hydrogen-bond donors (Lipinski definition) is 1. The van der Waals surface area contributed by atoms with E-state index in [1.807, 2.05) is 19.3 Å². The van der Waals surface area contributed by atoms with Crippen molar-refractivity contribution in [2.75, 3.05) is 38.8 Å². The highest BCUT2D eigenvalue weighted by Crippen LogP contribution is 2.46. The van der Waals surface area contributed by atoms with Crippen molar-refractivity contribution in [3.8, 4) is 28.4 Å². The van der Waals surface area contributed by atoms with Crippen LogP contribution in [0.4, 0.5) is 5.69 Å². The largest absolute Gasteiger partial charge is 0.494 e. The molecule has 0 atom stereocenters. The second-order valence-corrected chi connectivity index (χ2v) is 10.0. The zero-order valence-electron chi connectivity index (χ0n) is 22.3. The number of nitrogens with one attached hydrogen (secondary N) is 1. The molecule has 6 heteroatoms. The Balaban J connectivity index is 1.45. The van der Waals surface area contributed by atoms with Crippen molar-refractivity contribution in [2.45, 2.75) is 57.5 Å². The topological polar surface area (TPSA) is 55.9 Å². The molecule has 5 rings (SSSR count). The number of ether oxygens (including phenoxy) is 3. The molecule has 2 fully saturated rings. The summed E-state index contributed by atoms with van der Waals surface area (Å²) in [5, 5.41) is 3.50. The molecule has 6 nitrogen and oxygen atoms in total. The molecule has 37 heavy (non-hydrogen) atoms. The van der Waals surface area contributed by atoms with E-state index in [2.05, 4.69) is 57.7 Å². The van der Waals surface area contributed by atoms with E-state index in [0.29, 0.717) is 18.6 Å². The molecule has 0 bridgehead atoms. The van der Waals surface area contributed by atoms with Crippen LogP contribution in [0, 0.1) is 0 Å². The van der Waals surface area contributed by atoms with Crippen molar-refractivity contribution in [3.63, 3.8) is 0 Å². The Morgan fingerprint density at radius 2 is 1.70 bits per heavy atom. The van der Waals surface area contributed by atoms with E-state index in [1.54, 1.807) is 14.2 Å². The average Bonchev–Trinajstić information content (AvgIpc) is 2.92. The van der Waals surface area contributed by atoms with E-state index in [-0.39, 0.29) is 0 Å². The van der Waals surface area contributed by atoms with E-state index < -0.39 is 0 Å². The molecule has 1 saturated carbocycles. The minimum absolute atomic E-state index is 0.481. The van der Waals surface area contributed by atoms with Crippen molar-refractivity contribution in [2.24, 2.45) is 0 Å². The Labute approximate surface area is 221 Å². The molecule has 0 radical (unpaired) electrons. The Bertz CT molecular complexity index is 1170. The second kappa shape index (κ2) is 11.9. The van der Waals surface area contributed by atoms with Gasteiger partial charge in [0.05, 0.1) is 20.8 Å². The lowest BCUT2D eigenvalue weighted by atomic mass is 9.78. The van der Waals surface area contributed by atoms with Gasteiger partial charge >= 0.3 is 0 Å². The maximum Gasteiger partial charge on any atom is 0.164 e. The van der Waals surface area contributed by atoms with Gasteiger partial charge in [0.2, 0.25) is 0 Å². The number of aromatic nitrogens is 1. The fourth-order valence-corrected chi connectivity index (χ4v) is 5.56. The first-order valence-electron chi connectivity index (χ1n) is 13.6. The third-order valence-corrected chi connectivity index (χ3v) is 7.76. The van der Waals surface area contributed by atoms with Crippen LogP contribution in [0.25, 0.3) is 11.1 Å². The van der Waals surface area contributed by atoms with E-state index in [9.17, 15) is 0 Å². The van der Waals surface area contributed by atoms with Gasteiger partial charge in [-0.15, -0.1) is 0 Å². The third kappa shape index (κ3) is 5.69. The van der Waals surface area contributed by atoms with Gasteiger partial charge in [0.25, 0.3) is 0 Å². The van der Waals surface area contributed by atoms with Crippen LogP contribution in [0.3, 0.4) is 0 Å². The van der Waals surface area contributed by atoms with Crippen LogP contribution >= 0.6 is 0 Å². The first-order valence-corrected chi connectivity index (χ1v) is 13.6. The molecular formula is C31H39N3O3. The van der Waals surface area contributed by atoms with Gasteiger partial charge in [0.1, 0.15) is 5.75 Å². The molecule has 1 aliphatic heterocycles. The Kier molecular flexibility index (Phi) is 8.15. The van der Waals surface area contributed by atoms with Gasteiger partial charge in [0.15, 0.2) is 11.5 Å². The molecule has 1 aromatic heterocycles. The molecule has 0 amide bonds. The van der Waals surface area contributed by atoms with E-state index in [4.69, 9.17) is 14.2 Å². The Morgan fingerprint density at radius 1 is 0.919 bits per heavy atom. The van der Waals surface area contributed by atoms with E-state index in [1.165, 1.54) is 36.1 Å². The molecular weight excluding hydrogens is 462 g/mol. The fourth-order valence-electron chi connectivity index (χ4n) is 5.56. The first-order chi connectivity index (χ1) is 18.2. The number of methoxy groups -OCH3 is 2. The molecule has 2 aromatic carbocycles. The summed E-state index contributed by atoms with van der Waals surface area (Å²) in [7, 11) is 3.45. The molecule has 2 heterocycles. The van der Waals surface area contributed by atoms with Gasteiger partial charge in [-0.1, -0.05) is 6.42 Å². The number of piperidine rings is 1. The van der Waals surface area contributed by atoms with Crippen molar-refractivity contribution < 1.29 is 14.2 Å². The molecule has 196 valence electrons. The highest BCUT2D eigenvalue weighted by Gasteiger charge is 2.26. The van der Waals surface area contributed by atoms with Gasteiger partial charge < -0.3 is 24.4 Å². The summed E-state index contributed by atoms with van der Waals surface area (Å²) in [6.45, 7) is 5.59. The lowest BCUT2D eigenvalue weighted by molar-refractivity contribution is 0.337. The number of rotatable bonds is 10. The summed E-state index contributed by atoms with van der Waals surface area (Å²) >= 11 is 0. The lowest BCUT2D eigenvalue weighted by Crippen LogP contribution is -2.43. The number of benzene rings is 2. The third-order valence-electron chi connectivity index (χ3n) is 7.76. The normalized spacial score (nSPS) is 16.2. The van der Waals surface area contributed by atoms with Gasteiger partial charge in [0, 0.05) is 41.8 Å². The van der Waals surface area contributed by atoms with Crippen LogP contribution in [0.1, 0.15) is 56.1 Å². The molecule has 1 saturated heterocycles. The Hall–Kier alpha value is -3.25.